The van der Waals surface area contributed by atoms with Crippen molar-refractivity contribution in [2.75, 3.05) is 49.5 Å². The number of allylic oxidation sites excluding steroid dienone is 1. The fraction of sp³-hybridized carbons (Fsp3) is 0.476. The van der Waals surface area contributed by atoms with Gasteiger partial charge in [0.05, 0.1) is 29.5 Å². The van der Waals surface area contributed by atoms with Gasteiger partial charge in [0.15, 0.2) is 11.5 Å². The number of carbonyl (C=O) groups excluding carboxylic acids is 4. The summed E-state index contributed by atoms with van der Waals surface area (Å²) in [6.45, 7) is 7.85. The number of aromatic nitrogens is 5. The number of amides is 5. The number of aryl methyl sites for hydroxylation is 1. The van der Waals surface area contributed by atoms with Gasteiger partial charge in [0.25, 0.3) is 5.91 Å². The number of ether oxygens (including phenoxy) is 1. The van der Waals surface area contributed by atoms with E-state index in [2.05, 4.69) is 57.4 Å². The maximum absolute atomic E-state index is 13.1. The summed E-state index contributed by atoms with van der Waals surface area (Å²) in [5.74, 6) is 0.363. The van der Waals surface area contributed by atoms with Crippen LogP contribution in [0, 0.1) is 0 Å². The van der Waals surface area contributed by atoms with Crippen molar-refractivity contribution in [3.63, 3.8) is 0 Å². The second kappa shape index (κ2) is 17.2. The van der Waals surface area contributed by atoms with Crippen molar-refractivity contribution in [2.45, 2.75) is 89.4 Å². The Kier molecular flexibility index (Phi) is 11.3. The van der Waals surface area contributed by atoms with E-state index in [1.807, 2.05) is 31.2 Å². The third kappa shape index (κ3) is 8.34. The number of piperidine rings is 1. The minimum absolute atomic E-state index is 0.142. The van der Waals surface area contributed by atoms with Crippen LogP contribution in [0.2, 0.25) is 0 Å². The van der Waals surface area contributed by atoms with Crippen molar-refractivity contribution < 1.29 is 28.4 Å². The van der Waals surface area contributed by atoms with Gasteiger partial charge < -0.3 is 35.0 Å². The summed E-state index contributed by atoms with van der Waals surface area (Å²) < 4.78 is 13.3. The molecule has 18 nitrogen and oxygen atoms in total. The Morgan fingerprint density at radius 3 is 2.70 bits per heavy atom. The zero-order valence-electron chi connectivity index (χ0n) is 33.7. The van der Waals surface area contributed by atoms with E-state index >= 15 is 0 Å². The normalized spacial score (nSPS) is 22.1. The molecule has 314 valence electrons. The first kappa shape index (κ1) is 39.3. The number of hydrogen-bond donors (Lipinski definition) is 4. The third-order valence-corrected chi connectivity index (χ3v) is 12.0. The number of nitrogens with zero attached hydrogens (tertiary/aromatic N) is 8. The van der Waals surface area contributed by atoms with Crippen LogP contribution in [0.1, 0.15) is 104 Å². The smallest absolute Gasteiger partial charge is 0.323 e. The van der Waals surface area contributed by atoms with Crippen molar-refractivity contribution in [1.82, 2.24) is 50.5 Å². The predicted octanol–water partition coefficient (Wildman–Crippen LogP) is 3.90. The molecule has 8 heterocycles. The summed E-state index contributed by atoms with van der Waals surface area (Å²) in [6.07, 6.45) is 14.2. The number of rotatable bonds is 13. The zero-order chi connectivity index (χ0) is 41.2. The molecule has 5 amide bonds. The Bertz CT molecular complexity index is 2340. The van der Waals surface area contributed by atoms with Crippen molar-refractivity contribution in [3.05, 3.63) is 88.7 Å². The largest absolute Gasteiger partial charge is 0.376 e. The number of unbranched alkanes of at least 4 members (excludes halogenated alkanes) is 3. The predicted molar refractivity (Wildman–Crippen MR) is 218 cm³/mol. The molecule has 18 heteroatoms. The number of anilines is 2. The van der Waals surface area contributed by atoms with Crippen LogP contribution in [0.3, 0.4) is 0 Å². The first-order valence-corrected chi connectivity index (χ1v) is 21.0. The molecule has 0 spiro atoms. The highest BCUT2D eigenvalue weighted by atomic mass is 16.5. The van der Waals surface area contributed by atoms with Crippen LogP contribution in [-0.4, -0.2) is 104 Å². The van der Waals surface area contributed by atoms with Gasteiger partial charge in [0, 0.05) is 75.7 Å². The number of fused-ring (bicyclic) bond motifs is 2. The average molecular weight is 819 g/mol. The number of benzene rings is 1. The number of dihydropyridines is 1. The van der Waals surface area contributed by atoms with Gasteiger partial charge in [-0.15, -0.1) is 0 Å². The molecule has 5 aliphatic rings. The van der Waals surface area contributed by atoms with Crippen molar-refractivity contribution in [3.8, 4) is 0 Å². The van der Waals surface area contributed by atoms with E-state index in [4.69, 9.17) is 9.26 Å². The zero-order valence-corrected chi connectivity index (χ0v) is 33.7. The maximum atomic E-state index is 13.1. The lowest BCUT2D eigenvalue weighted by Crippen LogP contribution is -2.52. The fourth-order valence-corrected chi connectivity index (χ4v) is 8.84. The van der Waals surface area contributed by atoms with E-state index in [1.165, 1.54) is 0 Å². The van der Waals surface area contributed by atoms with Gasteiger partial charge in [-0.05, 0) is 81.0 Å². The minimum Gasteiger partial charge on any atom is -0.376 e. The summed E-state index contributed by atoms with van der Waals surface area (Å²) in [5, 5.41) is 20.2. The molecule has 3 saturated heterocycles. The lowest BCUT2D eigenvalue weighted by molar-refractivity contribution is -0.136. The van der Waals surface area contributed by atoms with Gasteiger partial charge in [0.2, 0.25) is 17.7 Å². The first-order chi connectivity index (χ1) is 29.3. The molecule has 0 saturated carbocycles. The van der Waals surface area contributed by atoms with Gasteiger partial charge in [0.1, 0.15) is 18.2 Å². The van der Waals surface area contributed by atoms with E-state index in [0.717, 1.165) is 93.8 Å². The van der Waals surface area contributed by atoms with Crippen LogP contribution in [0.15, 0.2) is 64.7 Å². The molecule has 3 aromatic heterocycles. The molecule has 3 unspecified atom stereocenters. The Labute approximate surface area is 346 Å². The van der Waals surface area contributed by atoms with Crippen LogP contribution >= 0.6 is 0 Å². The SMILES string of the molecule is CC1=CC(NC(=O)Nc2cnc3ccnn3c2C2CCCO2)=CNC1c1noc(CCCCCCN2CCN(c3ccc4c(c3)CN(C3CCC(=O)NC3=O)C4=O)CC2)n1. The lowest BCUT2D eigenvalue weighted by Gasteiger charge is -2.36. The molecule has 5 aliphatic heterocycles. The maximum Gasteiger partial charge on any atom is 0.323 e. The second-order valence-corrected chi connectivity index (χ2v) is 16.1. The van der Waals surface area contributed by atoms with Crippen molar-refractivity contribution >= 4 is 40.8 Å². The highest BCUT2D eigenvalue weighted by Crippen LogP contribution is 2.34. The summed E-state index contributed by atoms with van der Waals surface area (Å²) in [6, 6.07) is 6.52. The Balaban J connectivity index is 0.674. The molecule has 3 fully saturated rings. The second-order valence-electron chi connectivity index (χ2n) is 16.1. The van der Waals surface area contributed by atoms with Gasteiger partial charge in [-0.1, -0.05) is 18.0 Å². The summed E-state index contributed by atoms with van der Waals surface area (Å²) in [4.78, 5) is 65.8. The van der Waals surface area contributed by atoms with Crippen LogP contribution in [0.5, 0.6) is 0 Å². The van der Waals surface area contributed by atoms with Gasteiger partial charge >= 0.3 is 6.03 Å². The monoisotopic (exact) mass is 818 g/mol. The van der Waals surface area contributed by atoms with E-state index in [-0.39, 0.29) is 36.3 Å². The van der Waals surface area contributed by atoms with Crippen molar-refractivity contribution in [2.24, 2.45) is 0 Å². The Morgan fingerprint density at radius 1 is 1.02 bits per heavy atom. The number of piperazine rings is 1. The number of imide groups is 1. The molecule has 4 N–H and O–H groups in total. The topological polar surface area (TPSA) is 204 Å². The minimum atomic E-state index is -0.602. The fourth-order valence-electron chi connectivity index (χ4n) is 8.84. The van der Waals surface area contributed by atoms with E-state index in [1.54, 1.807) is 28.0 Å². The van der Waals surface area contributed by atoms with E-state index in [9.17, 15) is 19.2 Å². The van der Waals surface area contributed by atoms with Gasteiger partial charge in [-0.2, -0.15) is 10.1 Å². The number of nitrogens with one attached hydrogen (secondary N) is 4. The molecular formula is C42H50N12O6. The van der Waals surface area contributed by atoms with Crippen LogP contribution in [0.25, 0.3) is 5.65 Å². The highest BCUT2D eigenvalue weighted by molar-refractivity contribution is 6.05. The quantitative estimate of drug-likeness (QED) is 0.112. The summed E-state index contributed by atoms with van der Waals surface area (Å²) in [7, 11) is 0. The van der Waals surface area contributed by atoms with Gasteiger partial charge in [-0.3, -0.25) is 24.6 Å². The molecular weight excluding hydrogens is 769 g/mol. The lowest BCUT2D eigenvalue weighted by atomic mass is 10.0. The molecule has 0 bridgehead atoms. The molecule has 0 aliphatic carbocycles. The molecule has 60 heavy (non-hydrogen) atoms. The van der Waals surface area contributed by atoms with E-state index < -0.39 is 12.1 Å². The van der Waals surface area contributed by atoms with Crippen LogP contribution in [-0.2, 0) is 27.3 Å². The highest BCUT2D eigenvalue weighted by Gasteiger charge is 2.39. The third-order valence-electron chi connectivity index (χ3n) is 12.0. The average Bonchev–Trinajstić information content (AvgIpc) is 4.08. The summed E-state index contributed by atoms with van der Waals surface area (Å²) >= 11 is 0. The Hall–Kier alpha value is -6.14. The first-order valence-electron chi connectivity index (χ1n) is 21.0. The summed E-state index contributed by atoms with van der Waals surface area (Å²) in [5.41, 5.74) is 6.22. The molecule has 3 atom stereocenters. The molecule has 0 radical (unpaired) electrons. The molecule has 1 aromatic carbocycles. The van der Waals surface area contributed by atoms with E-state index in [0.29, 0.717) is 60.3 Å². The number of urea groups is 1. The number of carbonyl (C=O) groups is 4. The number of hydrogen-bond acceptors (Lipinski definition) is 13. The van der Waals surface area contributed by atoms with Crippen LogP contribution in [0.4, 0.5) is 16.2 Å². The van der Waals surface area contributed by atoms with Crippen LogP contribution < -0.4 is 26.2 Å². The Morgan fingerprint density at radius 2 is 1.88 bits per heavy atom. The molecule has 4 aromatic rings. The standard InChI is InChI=1S/C42H50N12O6/c1-26-21-28(46-42(58)47-31-24-43-34-13-14-45-54(34)38(31)33-7-6-20-59-33)23-44-37(26)39-49-36(60-50-39)8-4-2-3-5-15-51-16-18-52(19-17-51)29-9-10-30-27(22-29)25-53(41(30)57)32-11-12-35(55)48-40(32)56/h9-10,13-14,21-24,32-33,37,44H,2-8,11-12,15-20,25H2,1H3,(H2,46,47,58)(H,48,55,56). The molecule has 9 rings (SSSR count). The van der Waals surface area contributed by atoms with Crippen molar-refractivity contribution in [1.29, 1.82) is 0 Å². The van der Waals surface area contributed by atoms with Gasteiger partial charge in [-0.25, -0.2) is 14.3 Å².